The Morgan fingerprint density at radius 1 is 1.32 bits per heavy atom. The van der Waals surface area contributed by atoms with E-state index < -0.39 is 4.92 Å². The van der Waals surface area contributed by atoms with Crippen LogP contribution in [0.4, 0.5) is 11.4 Å². The molecule has 0 radical (unpaired) electrons. The van der Waals surface area contributed by atoms with Crippen molar-refractivity contribution in [1.29, 1.82) is 0 Å². The maximum absolute atomic E-state index is 11.1. The highest BCUT2D eigenvalue weighted by molar-refractivity contribution is 5.57. The Balaban J connectivity index is 3.03. The van der Waals surface area contributed by atoms with Crippen LogP contribution >= 0.6 is 0 Å². The molecule has 0 aliphatic carbocycles. The molecule has 1 aromatic carbocycles. The first-order valence-corrected chi connectivity index (χ1v) is 6.38. The van der Waals surface area contributed by atoms with Crippen LogP contribution in [0.25, 0.3) is 0 Å². The Bertz CT molecular complexity index is 423. The second kappa shape index (κ2) is 7.70. The number of likely N-dealkylation sites (N-methyl/N-ethyl adjacent to an activating group) is 1. The molecule has 106 valence electrons. The standard InChI is InChI=1S/C13H20N2O4/c1-2-14(7-9-17)12-6-5-11(4-3-8-16)13(10-12)15(18)19/h5-6,10,16-17H,2-4,7-9H2,1H3. The van der Waals surface area contributed by atoms with Crippen molar-refractivity contribution < 1.29 is 15.1 Å². The van der Waals surface area contributed by atoms with Crippen molar-refractivity contribution in [2.24, 2.45) is 0 Å². The minimum absolute atomic E-state index is 0.00784. The van der Waals surface area contributed by atoms with Gasteiger partial charge >= 0.3 is 0 Å². The van der Waals surface area contributed by atoms with Crippen LogP contribution in [0.1, 0.15) is 18.9 Å². The molecular weight excluding hydrogens is 248 g/mol. The lowest BCUT2D eigenvalue weighted by molar-refractivity contribution is -0.385. The van der Waals surface area contributed by atoms with Crippen LogP contribution < -0.4 is 4.90 Å². The van der Waals surface area contributed by atoms with Gasteiger partial charge in [-0.2, -0.15) is 0 Å². The van der Waals surface area contributed by atoms with Gasteiger partial charge in [-0.15, -0.1) is 0 Å². The molecule has 0 unspecified atom stereocenters. The van der Waals surface area contributed by atoms with Crippen molar-refractivity contribution in [3.8, 4) is 0 Å². The number of anilines is 1. The number of aryl methyl sites for hydroxylation is 1. The zero-order chi connectivity index (χ0) is 14.3. The summed E-state index contributed by atoms with van der Waals surface area (Å²) in [5.74, 6) is 0. The number of hydrogen-bond donors (Lipinski definition) is 2. The van der Waals surface area contributed by atoms with Gasteiger partial charge in [0.1, 0.15) is 0 Å². The SMILES string of the molecule is CCN(CCO)c1ccc(CCCO)c([N+](=O)[O-])c1. The van der Waals surface area contributed by atoms with Gasteiger partial charge in [-0.1, -0.05) is 6.07 Å². The summed E-state index contributed by atoms with van der Waals surface area (Å²) in [5, 5.41) is 28.9. The van der Waals surface area contributed by atoms with E-state index in [1.165, 1.54) is 6.07 Å². The molecule has 0 spiro atoms. The second-order valence-electron chi connectivity index (χ2n) is 4.20. The van der Waals surface area contributed by atoms with E-state index >= 15 is 0 Å². The topological polar surface area (TPSA) is 86.8 Å². The Morgan fingerprint density at radius 2 is 2.05 bits per heavy atom. The Morgan fingerprint density at radius 3 is 2.58 bits per heavy atom. The molecule has 0 fully saturated rings. The highest BCUT2D eigenvalue weighted by atomic mass is 16.6. The smallest absolute Gasteiger partial charge is 0.274 e. The van der Waals surface area contributed by atoms with Crippen LogP contribution in [0.3, 0.4) is 0 Å². The molecule has 1 rings (SSSR count). The molecule has 0 saturated carbocycles. The van der Waals surface area contributed by atoms with Gasteiger partial charge in [-0.25, -0.2) is 0 Å². The molecule has 0 aliphatic heterocycles. The van der Waals surface area contributed by atoms with Crippen molar-refractivity contribution in [1.82, 2.24) is 0 Å². The molecule has 0 aliphatic rings. The van der Waals surface area contributed by atoms with E-state index in [2.05, 4.69) is 0 Å². The summed E-state index contributed by atoms with van der Waals surface area (Å²) < 4.78 is 0. The fourth-order valence-corrected chi connectivity index (χ4v) is 1.99. The largest absolute Gasteiger partial charge is 0.396 e. The van der Waals surface area contributed by atoms with Gasteiger partial charge < -0.3 is 15.1 Å². The van der Waals surface area contributed by atoms with E-state index in [0.717, 1.165) is 5.69 Å². The van der Waals surface area contributed by atoms with Crippen molar-refractivity contribution >= 4 is 11.4 Å². The first-order valence-electron chi connectivity index (χ1n) is 6.38. The third-order valence-corrected chi connectivity index (χ3v) is 2.99. The van der Waals surface area contributed by atoms with Crippen molar-refractivity contribution in [2.45, 2.75) is 19.8 Å². The molecule has 0 amide bonds. The minimum Gasteiger partial charge on any atom is -0.396 e. The molecule has 0 bridgehead atoms. The van der Waals surface area contributed by atoms with Gasteiger partial charge in [0.15, 0.2) is 0 Å². The third-order valence-electron chi connectivity index (χ3n) is 2.99. The Hall–Kier alpha value is -1.66. The highest BCUT2D eigenvalue weighted by Gasteiger charge is 2.16. The maximum Gasteiger partial charge on any atom is 0.274 e. The molecule has 6 nitrogen and oxygen atoms in total. The van der Waals surface area contributed by atoms with Gasteiger partial charge in [0.05, 0.1) is 11.5 Å². The van der Waals surface area contributed by atoms with E-state index in [-0.39, 0.29) is 18.9 Å². The summed E-state index contributed by atoms with van der Waals surface area (Å²) in [4.78, 5) is 12.6. The maximum atomic E-state index is 11.1. The van der Waals surface area contributed by atoms with Crippen molar-refractivity contribution in [3.05, 3.63) is 33.9 Å². The van der Waals surface area contributed by atoms with Crippen LogP contribution in [0, 0.1) is 10.1 Å². The molecule has 2 N–H and O–H groups in total. The fourth-order valence-electron chi connectivity index (χ4n) is 1.99. The van der Waals surface area contributed by atoms with Gasteiger partial charge in [0.25, 0.3) is 5.69 Å². The Kier molecular flexibility index (Phi) is 6.24. The Labute approximate surface area is 112 Å². The lowest BCUT2D eigenvalue weighted by atomic mass is 10.1. The highest BCUT2D eigenvalue weighted by Crippen LogP contribution is 2.26. The number of aliphatic hydroxyl groups is 2. The van der Waals surface area contributed by atoms with Gasteiger partial charge in [0.2, 0.25) is 0 Å². The molecule has 0 aromatic heterocycles. The zero-order valence-electron chi connectivity index (χ0n) is 11.1. The first-order chi connectivity index (χ1) is 9.13. The number of aliphatic hydroxyl groups excluding tert-OH is 2. The number of nitrogens with zero attached hydrogens (tertiary/aromatic N) is 2. The monoisotopic (exact) mass is 268 g/mol. The molecule has 0 heterocycles. The number of benzene rings is 1. The van der Waals surface area contributed by atoms with Crippen molar-refractivity contribution in [2.75, 3.05) is 31.2 Å². The van der Waals surface area contributed by atoms with Crippen LogP contribution in [0.5, 0.6) is 0 Å². The van der Waals surface area contributed by atoms with Gasteiger partial charge in [-0.05, 0) is 25.8 Å². The second-order valence-corrected chi connectivity index (χ2v) is 4.20. The fraction of sp³-hybridized carbons (Fsp3) is 0.538. The normalized spacial score (nSPS) is 10.5. The van der Waals surface area contributed by atoms with E-state index in [4.69, 9.17) is 10.2 Å². The van der Waals surface area contributed by atoms with Crippen molar-refractivity contribution in [3.63, 3.8) is 0 Å². The van der Waals surface area contributed by atoms with E-state index in [1.54, 1.807) is 6.07 Å². The minimum atomic E-state index is -0.400. The quantitative estimate of drug-likeness (QED) is 0.549. The third kappa shape index (κ3) is 4.18. The summed E-state index contributed by atoms with van der Waals surface area (Å²) in [7, 11) is 0. The van der Waals surface area contributed by atoms with Gasteiger partial charge in [0, 0.05) is 37.0 Å². The zero-order valence-corrected chi connectivity index (χ0v) is 11.1. The number of nitro groups is 1. The summed E-state index contributed by atoms with van der Waals surface area (Å²) in [6, 6.07) is 5.08. The van der Waals surface area contributed by atoms with Crippen LogP contribution in [-0.4, -0.2) is 41.4 Å². The van der Waals surface area contributed by atoms with Gasteiger partial charge in [-0.3, -0.25) is 10.1 Å². The summed E-state index contributed by atoms with van der Waals surface area (Å²) in [6.45, 7) is 3.08. The van der Waals surface area contributed by atoms with Crippen LogP contribution in [-0.2, 0) is 6.42 Å². The average Bonchev–Trinajstić information content (AvgIpc) is 2.42. The van der Waals surface area contributed by atoms with Crippen LogP contribution in [0.15, 0.2) is 18.2 Å². The molecule has 6 heteroatoms. The van der Waals surface area contributed by atoms with Crippen LogP contribution in [0.2, 0.25) is 0 Å². The summed E-state index contributed by atoms with van der Waals surface area (Å²) >= 11 is 0. The molecular formula is C13H20N2O4. The summed E-state index contributed by atoms with van der Waals surface area (Å²) in [6.07, 6.45) is 0.994. The number of nitro benzene ring substituents is 1. The lowest BCUT2D eigenvalue weighted by Crippen LogP contribution is -2.26. The molecule has 1 aromatic rings. The average molecular weight is 268 g/mol. The summed E-state index contributed by atoms with van der Waals surface area (Å²) in [5.41, 5.74) is 1.43. The molecule has 19 heavy (non-hydrogen) atoms. The van der Waals surface area contributed by atoms with E-state index in [0.29, 0.717) is 31.5 Å². The predicted octanol–water partition coefficient (Wildman–Crippen LogP) is 1.34. The predicted molar refractivity (Wildman–Crippen MR) is 73.5 cm³/mol. The van der Waals surface area contributed by atoms with E-state index in [1.807, 2.05) is 17.9 Å². The molecule has 0 atom stereocenters. The number of hydrogen-bond acceptors (Lipinski definition) is 5. The lowest BCUT2D eigenvalue weighted by Gasteiger charge is -2.22. The number of rotatable bonds is 8. The molecule has 0 saturated heterocycles. The first kappa shape index (κ1) is 15.4. The van der Waals surface area contributed by atoms with E-state index in [9.17, 15) is 10.1 Å².